The van der Waals surface area contributed by atoms with Crippen molar-refractivity contribution in [2.75, 3.05) is 4.72 Å². The van der Waals surface area contributed by atoms with Gasteiger partial charge in [-0.15, -0.1) is 11.3 Å². The summed E-state index contributed by atoms with van der Waals surface area (Å²) in [5, 5.41) is 10.7. The topological polar surface area (TPSA) is 89.3 Å². The average molecular weight is 347 g/mol. The van der Waals surface area contributed by atoms with Gasteiger partial charge in [-0.05, 0) is 25.0 Å². The smallest absolute Gasteiger partial charge is 0.278 e. The van der Waals surface area contributed by atoms with Crippen LogP contribution in [0.3, 0.4) is 0 Å². The molecule has 9 heteroatoms. The highest BCUT2D eigenvalue weighted by Crippen LogP contribution is 2.37. The van der Waals surface area contributed by atoms with Gasteiger partial charge in [-0.1, -0.05) is 29.8 Å². The van der Waals surface area contributed by atoms with Gasteiger partial charge < -0.3 is 0 Å². The molecule has 0 aliphatic rings. The Morgan fingerprint density at radius 1 is 1.29 bits per heavy atom. The van der Waals surface area contributed by atoms with Gasteiger partial charge in [-0.2, -0.15) is 0 Å². The van der Waals surface area contributed by atoms with E-state index in [-0.39, 0.29) is 8.55 Å². The van der Waals surface area contributed by atoms with Crippen LogP contribution in [0, 0.1) is 24.0 Å². The molecule has 0 aliphatic carbocycles. The van der Waals surface area contributed by atoms with E-state index >= 15 is 0 Å². The molecule has 1 aromatic carbocycles. The predicted molar refractivity (Wildman–Crippen MR) is 82.7 cm³/mol. The standard InChI is InChI=1S/C12H11ClN2O4S2/c1-7-4-3-5-8(2)11(7)14-21(18,19)10-6-9(15(16)17)12(13)20-10/h3-6,14H,1-2H3. The normalized spacial score (nSPS) is 11.4. The number of hydrogen-bond donors (Lipinski definition) is 1. The first-order valence-corrected chi connectivity index (χ1v) is 8.43. The van der Waals surface area contributed by atoms with Crippen molar-refractivity contribution in [3.8, 4) is 0 Å². The lowest BCUT2D eigenvalue weighted by Gasteiger charge is -2.11. The van der Waals surface area contributed by atoms with Crippen molar-refractivity contribution in [1.29, 1.82) is 0 Å². The molecule has 0 atom stereocenters. The van der Waals surface area contributed by atoms with Crippen LogP contribution in [-0.2, 0) is 10.0 Å². The monoisotopic (exact) mass is 346 g/mol. The van der Waals surface area contributed by atoms with Crippen molar-refractivity contribution < 1.29 is 13.3 Å². The maximum absolute atomic E-state index is 12.3. The number of nitrogens with zero attached hydrogens (tertiary/aromatic N) is 1. The summed E-state index contributed by atoms with van der Waals surface area (Å²) in [6.07, 6.45) is 0. The van der Waals surface area contributed by atoms with Gasteiger partial charge in [-0.25, -0.2) is 8.42 Å². The second-order valence-corrected chi connectivity index (χ2v) is 7.92. The lowest BCUT2D eigenvalue weighted by atomic mass is 10.1. The highest BCUT2D eigenvalue weighted by atomic mass is 35.5. The number of aryl methyl sites for hydroxylation is 2. The zero-order chi connectivity index (χ0) is 15.8. The fraction of sp³-hybridized carbons (Fsp3) is 0.167. The summed E-state index contributed by atoms with van der Waals surface area (Å²) in [6, 6.07) is 6.32. The summed E-state index contributed by atoms with van der Waals surface area (Å²) < 4.78 is 26.7. The molecule has 0 unspecified atom stereocenters. The van der Waals surface area contributed by atoms with Crippen molar-refractivity contribution >= 4 is 44.3 Å². The summed E-state index contributed by atoms with van der Waals surface area (Å²) in [5.74, 6) is 0. The van der Waals surface area contributed by atoms with Crippen molar-refractivity contribution in [2.45, 2.75) is 18.1 Å². The third-order valence-electron chi connectivity index (χ3n) is 2.83. The third-order valence-corrected chi connectivity index (χ3v) is 5.99. The van der Waals surface area contributed by atoms with Crippen LogP contribution in [-0.4, -0.2) is 13.3 Å². The van der Waals surface area contributed by atoms with Gasteiger partial charge >= 0.3 is 0 Å². The van der Waals surface area contributed by atoms with Crippen molar-refractivity contribution in [1.82, 2.24) is 0 Å². The number of rotatable bonds is 4. The van der Waals surface area contributed by atoms with Gasteiger partial charge in [0.15, 0.2) is 4.34 Å². The molecule has 0 bridgehead atoms. The minimum absolute atomic E-state index is 0.165. The first-order valence-electron chi connectivity index (χ1n) is 5.75. The number of nitrogens with one attached hydrogen (secondary N) is 1. The largest absolute Gasteiger partial charge is 0.300 e. The van der Waals surface area contributed by atoms with Crippen molar-refractivity contribution in [3.05, 3.63) is 49.8 Å². The quantitative estimate of drug-likeness (QED) is 0.674. The highest BCUT2D eigenvalue weighted by Gasteiger charge is 2.26. The molecule has 112 valence electrons. The molecule has 0 fully saturated rings. The summed E-state index contributed by atoms with van der Waals surface area (Å²) in [4.78, 5) is 10.0. The summed E-state index contributed by atoms with van der Waals surface area (Å²) in [5.41, 5.74) is 1.57. The number of sulfonamides is 1. The first-order chi connectivity index (χ1) is 9.72. The van der Waals surface area contributed by atoms with E-state index in [2.05, 4.69) is 4.72 Å². The number of halogens is 1. The Balaban J connectivity index is 2.44. The molecule has 2 aromatic rings. The Hall–Kier alpha value is -1.64. The molecule has 1 N–H and O–H groups in total. The molecular weight excluding hydrogens is 336 g/mol. The van der Waals surface area contributed by atoms with Crippen molar-refractivity contribution in [3.63, 3.8) is 0 Å². The van der Waals surface area contributed by atoms with Gasteiger partial charge in [0.25, 0.3) is 15.7 Å². The van der Waals surface area contributed by atoms with E-state index in [1.807, 2.05) is 6.07 Å². The molecular formula is C12H11ClN2O4S2. The van der Waals surface area contributed by atoms with E-state index in [4.69, 9.17) is 11.6 Å². The van der Waals surface area contributed by atoms with Crippen LogP contribution in [0.5, 0.6) is 0 Å². The van der Waals surface area contributed by atoms with Gasteiger partial charge in [0.1, 0.15) is 4.21 Å². The average Bonchev–Trinajstić information content (AvgIpc) is 2.77. The van der Waals surface area contributed by atoms with Crippen LogP contribution in [0.2, 0.25) is 4.34 Å². The molecule has 0 aliphatic heterocycles. The van der Waals surface area contributed by atoms with E-state index < -0.39 is 20.6 Å². The van der Waals surface area contributed by atoms with E-state index in [0.717, 1.165) is 17.2 Å². The molecule has 1 heterocycles. The zero-order valence-electron chi connectivity index (χ0n) is 11.1. The Labute approximate surface area is 130 Å². The van der Waals surface area contributed by atoms with Gasteiger partial charge in [-0.3, -0.25) is 14.8 Å². The molecule has 0 spiro atoms. The molecule has 0 amide bonds. The number of thiophene rings is 1. The molecule has 2 rings (SSSR count). The SMILES string of the molecule is Cc1cccc(C)c1NS(=O)(=O)c1cc([N+](=O)[O-])c(Cl)s1. The van der Waals surface area contributed by atoms with Gasteiger partial charge in [0.2, 0.25) is 0 Å². The van der Waals surface area contributed by atoms with Crippen molar-refractivity contribution in [2.24, 2.45) is 0 Å². The summed E-state index contributed by atoms with van der Waals surface area (Å²) in [7, 11) is -3.91. The summed E-state index contributed by atoms with van der Waals surface area (Å²) in [6.45, 7) is 3.55. The number of hydrogen-bond acceptors (Lipinski definition) is 5. The molecule has 21 heavy (non-hydrogen) atoms. The number of benzene rings is 1. The fourth-order valence-electron chi connectivity index (χ4n) is 1.76. The third kappa shape index (κ3) is 3.17. The van der Waals surface area contributed by atoms with Crippen LogP contribution in [0.15, 0.2) is 28.5 Å². The summed E-state index contributed by atoms with van der Waals surface area (Å²) >= 11 is 6.35. The molecule has 0 saturated carbocycles. The Morgan fingerprint density at radius 2 is 1.86 bits per heavy atom. The van der Waals surface area contributed by atoms with E-state index in [0.29, 0.717) is 17.0 Å². The maximum atomic E-state index is 12.3. The van der Waals surface area contributed by atoms with E-state index in [1.165, 1.54) is 0 Å². The van der Waals surface area contributed by atoms with Crippen LogP contribution in [0.1, 0.15) is 11.1 Å². The van der Waals surface area contributed by atoms with Gasteiger partial charge in [0, 0.05) is 6.07 Å². The highest BCUT2D eigenvalue weighted by molar-refractivity contribution is 7.94. The zero-order valence-corrected chi connectivity index (χ0v) is 13.5. The Morgan fingerprint density at radius 3 is 2.33 bits per heavy atom. The minimum Gasteiger partial charge on any atom is -0.278 e. The first kappa shape index (κ1) is 15.7. The second kappa shape index (κ2) is 5.63. The molecule has 6 nitrogen and oxygen atoms in total. The molecule has 0 saturated heterocycles. The second-order valence-electron chi connectivity index (χ2n) is 4.35. The van der Waals surface area contributed by atoms with Crippen LogP contribution >= 0.6 is 22.9 Å². The molecule has 0 radical (unpaired) electrons. The number of anilines is 1. The minimum atomic E-state index is -3.91. The lowest BCUT2D eigenvalue weighted by molar-refractivity contribution is -0.384. The maximum Gasteiger partial charge on any atom is 0.300 e. The van der Waals surface area contributed by atoms with Crippen LogP contribution < -0.4 is 4.72 Å². The van der Waals surface area contributed by atoms with Gasteiger partial charge in [0.05, 0.1) is 10.6 Å². The van der Waals surface area contributed by atoms with Crippen LogP contribution in [0.4, 0.5) is 11.4 Å². The fourth-order valence-corrected chi connectivity index (χ4v) is 4.62. The lowest BCUT2D eigenvalue weighted by Crippen LogP contribution is -2.13. The Kier molecular flexibility index (Phi) is 4.22. The van der Waals surface area contributed by atoms with E-state index in [9.17, 15) is 18.5 Å². The Bertz CT molecular complexity index is 794. The van der Waals surface area contributed by atoms with Crippen LogP contribution in [0.25, 0.3) is 0 Å². The number of nitro groups is 1. The van der Waals surface area contributed by atoms with E-state index in [1.54, 1.807) is 26.0 Å². The number of para-hydroxylation sites is 1. The predicted octanol–water partition coefficient (Wildman–Crippen LogP) is 3.73. The molecule has 1 aromatic heterocycles.